The molecule has 4 saturated heterocycles. The van der Waals surface area contributed by atoms with Crippen LogP contribution in [0.4, 0.5) is 14.4 Å². The molecule has 3 amide bonds. The fourth-order valence-corrected chi connectivity index (χ4v) is 10.6. The number of morpholine rings is 4. The number of aromatic nitrogens is 9. The van der Waals surface area contributed by atoms with E-state index < -0.39 is 100 Å². The van der Waals surface area contributed by atoms with Crippen molar-refractivity contribution in [1.29, 1.82) is 0 Å². The summed E-state index contributed by atoms with van der Waals surface area (Å²) in [6, 6.07) is 2.25. The van der Waals surface area contributed by atoms with Crippen LogP contribution in [0.15, 0.2) is 36.8 Å². The summed E-state index contributed by atoms with van der Waals surface area (Å²) >= 11 is 17.9. The number of hydrogen-bond donors (Lipinski definition) is 3. The summed E-state index contributed by atoms with van der Waals surface area (Å²) in [5, 5.41) is 35.2. The summed E-state index contributed by atoms with van der Waals surface area (Å²) < 4.78 is 53.1. The van der Waals surface area contributed by atoms with E-state index in [9.17, 15) is 48.6 Å². The minimum Gasteiger partial charge on any atom is -0.478 e. The second-order valence-electron chi connectivity index (χ2n) is 27.6. The summed E-state index contributed by atoms with van der Waals surface area (Å²) in [4.78, 5) is 115. The third-order valence-corrected chi connectivity index (χ3v) is 14.4. The number of carbonyl (C=O) groups excluding carboxylic acids is 6. The van der Waals surface area contributed by atoms with Crippen LogP contribution in [0.3, 0.4) is 0 Å². The Hall–Kier alpha value is -8.11. The Morgan fingerprint density at radius 2 is 0.837 bits per heavy atom. The smallest absolute Gasteiger partial charge is 0.411 e. The average molecular weight is 1430 g/mol. The Morgan fingerprint density at radius 3 is 1.23 bits per heavy atom. The highest BCUT2D eigenvalue weighted by Crippen LogP contribution is 2.33. The summed E-state index contributed by atoms with van der Waals surface area (Å²) in [5.74, 6) is -3.84. The van der Waals surface area contributed by atoms with Crippen molar-refractivity contribution in [3.8, 4) is 0 Å². The molecule has 0 saturated carbocycles. The number of amides is 3. The molecule has 98 heavy (non-hydrogen) atoms. The molecule has 4 fully saturated rings. The largest absolute Gasteiger partial charge is 0.478 e. The van der Waals surface area contributed by atoms with Gasteiger partial charge in [-0.05, 0) is 104 Å². The van der Waals surface area contributed by atoms with Gasteiger partial charge in [-0.15, -0.1) is 0 Å². The minimum absolute atomic E-state index is 0.0564. The highest BCUT2D eigenvalue weighted by Gasteiger charge is 2.41. The summed E-state index contributed by atoms with van der Waals surface area (Å²) in [6.45, 7) is 30.2. The fraction of sp³-hybridized carbons (Fsp3) is 0.587. The molecule has 0 aromatic carbocycles. The Morgan fingerprint density at radius 1 is 0.480 bits per heavy atom. The second-order valence-corrected chi connectivity index (χ2v) is 28.8. The normalized spacial score (nSPS) is 18.6. The molecule has 4 aliphatic heterocycles. The SMILES string of the molecule is CC(C)(C)OC(=O)CC(=O)[C@@H]1COCCN1C(=O)OC(C)(C)C.CC(C)(C)OC(=O)N1CCOCC1c1c(C(=O)O)cnc2cc(Cl)nn12.CC(C)(C)OC(=O)c1cnc2cc(Cl)nn2c1C1COCCN1C(=O)OC(C)(C)C.O=C(O)c1cnc2cc(Cl)nn2c1C1COCCN1. The van der Waals surface area contributed by atoms with Crippen LogP contribution < -0.4 is 5.32 Å². The number of nitrogens with zero attached hydrogens (tertiary/aromatic N) is 12. The summed E-state index contributed by atoms with van der Waals surface area (Å²) in [5.41, 5.74) is -0.680. The lowest BCUT2D eigenvalue weighted by atomic mass is 10.1. The van der Waals surface area contributed by atoms with Crippen LogP contribution in [-0.4, -0.2) is 230 Å². The lowest BCUT2D eigenvalue weighted by Crippen LogP contribution is -2.54. The number of esters is 2. The van der Waals surface area contributed by atoms with Gasteiger partial charge in [0.2, 0.25) is 0 Å². The van der Waals surface area contributed by atoms with Crippen LogP contribution in [0.1, 0.15) is 177 Å². The van der Waals surface area contributed by atoms with Crippen molar-refractivity contribution in [3.05, 3.63) is 86.0 Å². The van der Waals surface area contributed by atoms with Crippen molar-refractivity contribution >= 4 is 99.7 Å². The number of aromatic carboxylic acids is 2. The Balaban J connectivity index is 0.000000186. The zero-order chi connectivity index (χ0) is 72.6. The van der Waals surface area contributed by atoms with Crippen molar-refractivity contribution in [2.45, 2.75) is 162 Å². The van der Waals surface area contributed by atoms with Crippen LogP contribution in [0.5, 0.6) is 0 Å². The molecule has 0 bridgehead atoms. The average Bonchev–Trinajstić information content (AvgIpc) is 1.46. The molecule has 35 heteroatoms. The number of carbonyl (C=O) groups is 8. The van der Waals surface area contributed by atoms with Crippen LogP contribution >= 0.6 is 34.8 Å². The monoisotopic (exact) mass is 1430 g/mol. The van der Waals surface area contributed by atoms with Gasteiger partial charge in [0.15, 0.2) is 38.2 Å². The number of rotatable bonds is 9. The van der Waals surface area contributed by atoms with Crippen molar-refractivity contribution in [1.82, 2.24) is 63.8 Å². The van der Waals surface area contributed by atoms with Gasteiger partial charge in [-0.2, -0.15) is 15.3 Å². The van der Waals surface area contributed by atoms with Crippen molar-refractivity contribution in [3.63, 3.8) is 0 Å². The molecule has 10 rings (SSSR count). The number of Topliss-reactive ketones (excluding diaryl/α,β-unsaturated/α-hetero) is 1. The molecule has 0 radical (unpaired) electrons. The summed E-state index contributed by atoms with van der Waals surface area (Å²) in [7, 11) is 0. The molecule has 536 valence electrons. The molecular formula is C63H84Cl3N13O19. The number of carboxylic acid groups (broad SMARTS) is 2. The molecule has 6 aromatic rings. The minimum atomic E-state index is -1.18. The van der Waals surface area contributed by atoms with Gasteiger partial charge in [0.1, 0.15) is 69.2 Å². The number of fused-ring (bicyclic) bond motifs is 3. The molecule has 4 atom stereocenters. The van der Waals surface area contributed by atoms with Crippen LogP contribution in [-0.2, 0) is 52.2 Å². The van der Waals surface area contributed by atoms with E-state index in [1.165, 1.54) is 52.9 Å². The molecule has 32 nitrogen and oxygen atoms in total. The van der Waals surface area contributed by atoms with Gasteiger partial charge in [0.25, 0.3) is 0 Å². The van der Waals surface area contributed by atoms with Gasteiger partial charge in [-0.1, -0.05) is 34.8 Å². The van der Waals surface area contributed by atoms with Gasteiger partial charge in [-0.25, -0.2) is 57.3 Å². The molecule has 3 unspecified atom stereocenters. The first kappa shape index (κ1) is 77.2. The molecular weight excluding hydrogens is 1350 g/mol. The lowest BCUT2D eigenvalue weighted by molar-refractivity contribution is -0.157. The molecule has 10 heterocycles. The highest BCUT2D eigenvalue weighted by molar-refractivity contribution is 6.30. The topological polar surface area (TPSA) is 372 Å². The van der Waals surface area contributed by atoms with Crippen LogP contribution in [0.25, 0.3) is 16.9 Å². The van der Waals surface area contributed by atoms with Gasteiger partial charge >= 0.3 is 42.2 Å². The van der Waals surface area contributed by atoms with E-state index in [2.05, 4.69) is 35.6 Å². The second kappa shape index (κ2) is 31.8. The molecule has 6 aromatic heterocycles. The van der Waals surface area contributed by atoms with Crippen LogP contribution in [0.2, 0.25) is 15.5 Å². The maximum Gasteiger partial charge on any atom is 0.411 e. The van der Waals surface area contributed by atoms with E-state index in [1.54, 1.807) is 116 Å². The van der Waals surface area contributed by atoms with Crippen molar-refractivity contribution < 1.29 is 91.2 Å². The molecule has 3 N–H and O–H groups in total. The van der Waals surface area contributed by atoms with E-state index in [4.69, 9.17) is 77.4 Å². The van der Waals surface area contributed by atoms with Gasteiger partial charge in [0.05, 0.1) is 76.0 Å². The van der Waals surface area contributed by atoms with Crippen molar-refractivity contribution in [2.24, 2.45) is 0 Å². The van der Waals surface area contributed by atoms with E-state index in [1.807, 2.05) is 0 Å². The number of halogens is 3. The number of ketones is 1. The van der Waals surface area contributed by atoms with E-state index in [-0.39, 0.29) is 76.8 Å². The number of carboxylic acids is 2. The maximum atomic E-state index is 13.0. The molecule has 0 spiro atoms. The molecule has 4 aliphatic rings. The first-order chi connectivity index (χ1) is 45.6. The third kappa shape index (κ3) is 21.2. The van der Waals surface area contributed by atoms with E-state index in [0.29, 0.717) is 74.5 Å². The highest BCUT2D eigenvalue weighted by atomic mass is 35.5. The quantitative estimate of drug-likeness (QED) is 0.0691. The molecule has 0 aliphatic carbocycles. The van der Waals surface area contributed by atoms with Gasteiger partial charge < -0.3 is 58.2 Å². The zero-order valence-electron chi connectivity index (χ0n) is 57.3. The number of nitrogens with one attached hydrogen (secondary N) is 1. The number of ether oxygens (including phenoxy) is 9. The van der Waals surface area contributed by atoms with Crippen LogP contribution in [0, 0.1) is 0 Å². The van der Waals surface area contributed by atoms with E-state index in [0.717, 1.165) is 0 Å². The van der Waals surface area contributed by atoms with Gasteiger partial charge in [0, 0.05) is 63.0 Å². The predicted molar refractivity (Wildman–Crippen MR) is 351 cm³/mol. The summed E-state index contributed by atoms with van der Waals surface area (Å²) in [6.07, 6.45) is 1.93. The first-order valence-electron chi connectivity index (χ1n) is 31.2. The zero-order valence-corrected chi connectivity index (χ0v) is 59.6. The Labute approximate surface area is 579 Å². The third-order valence-electron chi connectivity index (χ3n) is 13.8. The van der Waals surface area contributed by atoms with Gasteiger partial charge in [-0.3, -0.25) is 24.3 Å². The first-order valence-corrected chi connectivity index (χ1v) is 32.3. The van der Waals surface area contributed by atoms with Crippen molar-refractivity contribution in [2.75, 3.05) is 79.0 Å². The fourth-order valence-electron chi connectivity index (χ4n) is 10.1. The lowest BCUT2D eigenvalue weighted by Gasteiger charge is -2.37. The Bertz CT molecular complexity index is 3900. The standard InChI is InChI=1S/C20H27ClN4O5.C16H19ClN4O5.C16H27NO6.C11H11ClN4O3/c1-19(2,3)29-17(26)12-10-22-15-9-14(21)23-25(15)16(12)13-11-28-8-7-24(13)18(27)30-20(4,5)6;1-16(2,3)26-15(24)20-4-5-25-8-10(20)13-9(14(22)23)7-18-12-6-11(17)19-21(12)13;1-15(2,3)22-13(19)9-12(18)11-10-21-8-7-17(11)14(20)23-16(4,5)6;12-8-3-9-14-4-6(11(17)18)10(16(9)15-8)7-5-19-2-1-13-7/h9-10,13H,7-8,11H2,1-6H3;6-7,10H,4-5,8H2,1-3H3,(H,22,23);11H,7-10H2,1-6H3;3-4,7,13H,1-2,5H2,(H,17,18)/t;;11-;/m..0./s1. The number of hydrogen-bond acceptors (Lipinski definition) is 24. The van der Waals surface area contributed by atoms with E-state index >= 15 is 0 Å². The maximum absolute atomic E-state index is 13.0. The predicted octanol–water partition coefficient (Wildman–Crippen LogP) is 8.70. The Kier molecular flexibility index (Phi) is 25.1.